The van der Waals surface area contributed by atoms with Gasteiger partial charge < -0.3 is 0 Å². The minimum absolute atomic E-state index is 1.16. The first-order valence-corrected chi connectivity index (χ1v) is 17.9. The molecule has 182 valence electrons. The molecule has 0 aliphatic carbocycles. The Morgan fingerprint density at radius 1 is 0.237 bits per heavy atom. The van der Waals surface area contributed by atoms with Gasteiger partial charge in [-0.15, -0.1) is 11.1 Å². The van der Waals surface area contributed by atoms with Gasteiger partial charge in [-0.2, -0.15) is 0 Å². The zero-order valence-corrected chi connectivity index (χ0v) is 25.2. The maximum Gasteiger partial charge on any atom is 0.139 e. The van der Waals surface area contributed by atoms with Crippen molar-refractivity contribution in [1.82, 2.24) is 0 Å². The molecule has 0 fully saturated rings. The first kappa shape index (κ1) is 33.2. The van der Waals surface area contributed by atoms with E-state index in [0.717, 1.165) is 36.3 Å². The third-order valence-electron chi connectivity index (χ3n) is 6.03. The molecule has 0 spiro atoms. The molecule has 0 aliphatic rings. The number of rotatable bonds is 6. The summed E-state index contributed by atoms with van der Waals surface area (Å²) in [6.45, 7) is 13.3. The minimum Gasteiger partial charge on any atom is -0.117 e. The van der Waals surface area contributed by atoms with Gasteiger partial charge in [-0.3, -0.25) is 0 Å². The van der Waals surface area contributed by atoms with E-state index in [9.17, 15) is 0 Å². The van der Waals surface area contributed by atoms with E-state index in [4.69, 9.17) is 0 Å². The van der Waals surface area contributed by atoms with Gasteiger partial charge in [0.2, 0.25) is 0 Å². The van der Waals surface area contributed by atoms with Crippen molar-refractivity contribution in [2.75, 3.05) is 0 Å². The fourth-order valence-corrected chi connectivity index (χ4v) is 7.70. The zero-order chi connectivity index (χ0) is 28.2. The molecule has 0 amide bonds. The van der Waals surface area contributed by atoms with Crippen LogP contribution >= 0.6 is 0 Å². The van der Waals surface area contributed by atoms with Gasteiger partial charge in [0.1, 0.15) is 16.1 Å². The van der Waals surface area contributed by atoms with Gasteiger partial charge >= 0.3 is 0 Å². The summed E-state index contributed by atoms with van der Waals surface area (Å²) in [5.41, 5.74) is 6.78. The van der Waals surface area contributed by atoms with Gasteiger partial charge in [0.15, 0.2) is 0 Å². The van der Waals surface area contributed by atoms with Crippen LogP contribution in [-0.2, 0) is 0 Å². The van der Waals surface area contributed by atoms with Crippen molar-refractivity contribution in [3.63, 3.8) is 0 Å². The lowest BCUT2D eigenvalue weighted by Gasteiger charge is -2.19. The molecule has 0 aromatic rings. The van der Waals surface area contributed by atoms with Gasteiger partial charge in [-0.25, -0.2) is 0 Å². The van der Waals surface area contributed by atoms with Crippen molar-refractivity contribution in [2.45, 2.75) is 77.8 Å². The second-order valence-corrected chi connectivity index (χ2v) is 17.5. The van der Waals surface area contributed by atoms with E-state index in [0.29, 0.717) is 0 Å². The van der Waals surface area contributed by atoms with Crippen molar-refractivity contribution in [1.29, 1.82) is 0 Å². The molecule has 0 aromatic heterocycles. The van der Waals surface area contributed by atoms with E-state index in [1.54, 1.807) is 0 Å². The van der Waals surface area contributed by atoms with Gasteiger partial charge in [0.25, 0.3) is 0 Å². The summed E-state index contributed by atoms with van der Waals surface area (Å²) < 4.78 is 0. The van der Waals surface area contributed by atoms with Crippen LogP contribution in [0.5, 0.6) is 0 Å². The van der Waals surface area contributed by atoms with Gasteiger partial charge in [0, 0.05) is 35.5 Å². The van der Waals surface area contributed by atoms with Gasteiger partial charge in [-0.05, 0) is 131 Å². The largest absolute Gasteiger partial charge is 0.139 e. The van der Waals surface area contributed by atoms with Crippen LogP contribution in [0, 0.1) is 141 Å². The summed E-state index contributed by atoms with van der Waals surface area (Å²) in [4.78, 5) is 0. The zero-order valence-electron chi connectivity index (χ0n) is 23.2. The molecule has 0 N–H and O–H groups in total. The molecule has 0 aliphatic heterocycles. The average molecular weight is 519 g/mol. The lowest BCUT2D eigenvalue weighted by molar-refractivity contribution is 1.20. The Bertz CT molecular complexity index is 1440. The Kier molecular flexibility index (Phi) is 19.7. The molecule has 0 atom stereocenters. The molecular formula is C36H30Si2. The van der Waals surface area contributed by atoms with Crippen LogP contribution in [0.15, 0.2) is 0 Å². The van der Waals surface area contributed by atoms with Crippen molar-refractivity contribution >= 4 is 16.1 Å². The molecule has 0 bridgehead atoms. The maximum absolute atomic E-state index is 3.39. The highest BCUT2D eigenvalue weighted by molar-refractivity contribution is 6.87. The third-order valence-corrected chi connectivity index (χ3v) is 15.5. The van der Waals surface area contributed by atoms with Crippen molar-refractivity contribution in [2.24, 2.45) is 0 Å². The molecule has 0 saturated heterocycles. The second kappa shape index (κ2) is 22.6. The molecule has 2 heteroatoms. The van der Waals surface area contributed by atoms with Crippen LogP contribution in [0.4, 0.5) is 0 Å². The SMILES string of the molecule is CC[Si](C#CC#CC#CC#CC#CC#CC#CC#CC#CC#CC#CC#C[Si](CC)(CC)CC)(CC)CC. The molecule has 0 heterocycles. The highest BCUT2D eigenvalue weighted by atomic mass is 28.3. The molecule has 0 saturated carbocycles. The Balaban J connectivity index is 4.69. The quantitative estimate of drug-likeness (QED) is 0.338. The summed E-state index contributed by atoms with van der Waals surface area (Å²) in [7, 11) is -2.89. The molecule has 0 aromatic carbocycles. The highest BCUT2D eigenvalue weighted by Crippen LogP contribution is 2.19. The fourth-order valence-electron chi connectivity index (χ4n) is 2.98. The predicted octanol–water partition coefficient (Wildman–Crippen LogP) is 5.12. The van der Waals surface area contributed by atoms with E-state index in [2.05, 4.69) is 183 Å². The average Bonchev–Trinajstić information content (AvgIpc) is 2.96. The third kappa shape index (κ3) is 15.9. The maximum atomic E-state index is 3.39. The summed E-state index contributed by atoms with van der Waals surface area (Å²) in [6.07, 6.45) is 0. The van der Waals surface area contributed by atoms with E-state index in [-0.39, 0.29) is 0 Å². The molecule has 38 heavy (non-hydrogen) atoms. The first-order valence-electron chi connectivity index (χ1n) is 12.6. The molecule has 0 nitrogen and oxygen atoms in total. The monoisotopic (exact) mass is 518 g/mol. The van der Waals surface area contributed by atoms with Gasteiger partial charge in [-0.1, -0.05) is 41.5 Å². The topological polar surface area (TPSA) is 0 Å². The Morgan fingerprint density at radius 3 is 0.500 bits per heavy atom. The molecular weight excluding hydrogens is 489 g/mol. The number of hydrogen-bond acceptors (Lipinski definition) is 0. The smallest absolute Gasteiger partial charge is 0.117 e. The van der Waals surface area contributed by atoms with Crippen LogP contribution in [0.25, 0.3) is 0 Å². The first-order chi connectivity index (χ1) is 18.6. The van der Waals surface area contributed by atoms with Crippen molar-refractivity contribution < 1.29 is 0 Å². The number of hydrogen-bond donors (Lipinski definition) is 0. The van der Waals surface area contributed by atoms with Crippen LogP contribution < -0.4 is 0 Å². The summed E-state index contributed by atoms with van der Waals surface area (Å²) in [5.74, 6) is 58.3. The summed E-state index contributed by atoms with van der Waals surface area (Å²) in [5, 5.41) is 0. The Labute approximate surface area is 234 Å². The Hall–Kier alpha value is -4.85. The summed E-state index contributed by atoms with van der Waals surface area (Å²) >= 11 is 0. The molecule has 0 rings (SSSR count). The van der Waals surface area contributed by atoms with E-state index in [1.807, 2.05) is 0 Å². The second-order valence-electron chi connectivity index (χ2n) is 7.68. The lowest BCUT2D eigenvalue weighted by atomic mass is 10.4. The minimum atomic E-state index is -1.45. The van der Waals surface area contributed by atoms with E-state index in [1.165, 1.54) is 0 Å². The van der Waals surface area contributed by atoms with Crippen molar-refractivity contribution in [3.05, 3.63) is 0 Å². The lowest BCUT2D eigenvalue weighted by Crippen LogP contribution is -2.29. The standard InChI is InChI=1S/C36H30Si2/c1-7-37(8-2,9-3)35-33-31-29-27-25-23-21-19-17-15-13-14-16-18-20-22-24-26-28-30-32-34-36-38(10-4,11-5)12-6/h7-12H2,1-6H3. The summed E-state index contributed by atoms with van der Waals surface area (Å²) in [6, 6.07) is 6.94. The molecule has 0 unspecified atom stereocenters. The van der Waals surface area contributed by atoms with Crippen molar-refractivity contribution in [3.8, 4) is 141 Å². The van der Waals surface area contributed by atoms with E-state index < -0.39 is 16.1 Å². The van der Waals surface area contributed by atoms with Crippen LogP contribution in [-0.4, -0.2) is 16.1 Å². The van der Waals surface area contributed by atoms with Gasteiger partial charge in [0.05, 0.1) is 0 Å². The fraction of sp³-hybridized carbons (Fsp3) is 0.333. The van der Waals surface area contributed by atoms with Crippen LogP contribution in [0.1, 0.15) is 41.5 Å². The van der Waals surface area contributed by atoms with E-state index >= 15 is 0 Å². The normalized spacial score (nSPS) is 7.42. The Morgan fingerprint density at radius 2 is 0.368 bits per heavy atom. The van der Waals surface area contributed by atoms with Crippen LogP contribution in [0.2, 0.25) is 36.3 Å². The predicted molar refractivity (Wildman–Crippen MR) is 168 cm³/mol. The molecule has 0 radical (unpaired) electrons. The van der Waals surface area contributed by atoms with Crippen LogP contribution in [0.3, 0.4) is 0 Å². The highest BCUT2D eigenvalue weighted by Gasteiger charge is 2.24.